The van der Waals surface area contributed by atoms with Crippen LogP contribution >= 0.6 is 0 Å². The standard InChI is InChI=1S/C17H28N2O2/c1-4-20-16-9-8-14(11-17(16)21-5-2)12-19-10-6-7-15(13-19)18-3/h8-9,11,15,18H,4-7,10,12-13H2,1-3H3. The molecule has 4 nitrogen and oxygen atoms in total. The zero-order valence-electron chi connectivity index (χ0n) is 13.5. The molecule has 21 heavy (non-hydrogen) atoms. The highest BCUT2D eigenvalue weighted by Gasteiger charge is 2.18. The number of nitrogens with one attached hydrogen (secondary N) is 1. The minimum Gasteiger partial charge on any atom is -0.490 e. The molecule has 1 atom stereocenters. The topological polar surface area (TPSA) is 33.7 Å². The molecular weight excluding hydrogens is 264 g/mol. The Hall–Kier alpha value is -1.26. The Bertz CT molecular complexity index is 437. The largest absolute Gasteiger partial charge is 0.490 e. The molecule has 0 saturated carbocycles. The Balaban J connectivity index is 2.03. The molecular formula is C17H28N2O2. The van der Waals surface area contributed by atoms with Gasteiger partial charge in [0.25, 0.3) is 0 Å². The molecule has 0 aliphatic carbocycles. The second-order valence-electron chi connectivity index (χ2n) is 5.51. The number of likely N-dealkylation sites (N-methyl/N-ethyl adjacent to an activating group) is 1. The fraction of sp³-hybridized carbons (Fsp3) is 0.647. The van der Waals surface area contributed by atoms with Gasteiger partial charge in [0.1, 0.15) is 0 Å². The summed E-state index contributed by atoms with van der Waals surface area (Å²) in [5.74, 6) is 1.70. The van der Waals surface area contributed by atoms with Crippen LogP contribution in [0.1, 0.15) is 32.3 Å². The molecule has 0 bridgehead atoms. The molecule has 0 aromatic heterocycles. The highest BCUT2D eigenvalue weighted by Crippen LogP contribution is 2.29. The summed E-state index contributed by atoms with van der Waals surface area (Å²) in [6.45, 7) is 8.60. The third-order valence-corrected chi connectivity index (χ3v) is 3.93. The van der Waals surface area contributed by atoms with Crippen LogP contribution in [-0.2, 0) is 6.54 Å². The van der Waals surface area contributed by atoms with Crippen molar-refractivity contribution in [1.82, 2.24) is 10.2 Å². The van der Waals surface area contributed by atoms with Gasteiger partial charge in [0, 0.05) is 19.1 Å². The first-order valence-corrected chi connectivity index (χ1v) is 8.05. The Morgan fingerprint density at radius 1 is 1.19 bits per heavy atom. The summed E-state index contributed by atoms with van der Waals surface area (Å²) in [6.07, 6.45) is 2.54. The van der Waals surface area contributed by atoms with E-state index >= 15 is 0 Å². The molecule has 1 saturated heterocycles. The van der Waals surface area contributed by atoms with E-state index in [9.17, 15) is 0 Å². The van der Waals surface area contributed by atoms with Crippen molar-refractivity contribution in [2.75, 3.05) is 33.4 Å². The van der Waals surface area contributed by atoms with Gasteiger partial charge in [0.05, 0.1) is 13.2 Å². The van der Waals surface area contributed by atoms with Gasteiger partial charge in [0.2, 0.25) is 0 Å². The van der Waals surface area contributed by atoms with Crippen molar-refractivity contribution >= 4 is 0 Å². The van der Waals surface area contributed by atoms with Crippen molar-refractivity contribution in [2.24, 2.45) is 0 Å². The Morgan fingerprint density at radius 3 is 2.67 bits per heavy atom. The van der Waals surface area contributed by atoms with Crippen LogP contribution in [0.5, 0.6) is 11.5 Å². The first kappa shape index (κ1) is 16.1. The molecule has 1 heterocycles. The quantitative estimate of drug-likeness (QED) is 0.838. The van der Waals surface area contributed by atoms with E-state index in [2.05, 4.69) is 29.4 Å². The van der Waals surface area contributed by atoms with Gasteiger partial charge < -0.3 is 14.8 Å². The summed E-state index contributed by atoms with van der Waals surface area (Å²) in [5.41, 5.74) is 1.29. The lowest BCUT2D eigenvalue weighted by Crippen LogP contribution is -2.43. The Kier molecular flexibility index (Phi) is 6.33. The maximum atomic E-state index is 5.71. The van der Waals surface area contributed by atoms with Gasteiger partial charge in [-0.15, -0.1) is 0 Å². The number of rotatable bonds is 7. The van der Waals surface area contributed by atoms with Crippen LogP contribution in [0.4, 0.5) is 0 Å². The van der Waals surface area contributed by atoms with Crippen molar-refractivity contribution in [3.8, 4) is 11.5 Å². The van der Waals surface area contributed by atoms with E-state index in [0.29, 0.717) is 19.3 Å². The van der Waals surface area contributed by atoms with Crippen LogP contribution in [-0.4, -0.2) is 44.3 Å². The van der Waals surface area contributed by atoms with E-state index in [1.807, 2.05) is 19.9 Å². The fourth-order valence-corrected chi connectivity index (χ4v) is 2.89. The highest BCUT2D eigenvalue weighted by atomic mass is 16.5. The third kappa shape index (κ3) is 4.61. The van der Waals surface area contributed by atoms with Crippen LogP contribution in [0.15, 0.2) is 18.2 Å². The van der Waals surface area contributed by atoms with Crippen molar-refractivity contribution in [3.05, 3.63) is 23.8 Å². The second-order valence-corrected chi connectivity index (χ2v) is 5.51. The average molecular weight is 292 g/mol. The number of ether oxygens (including phenoxy) is 2. The number of hydrogen-bond donors (Lipinski definition) is 1. The lowest BCUT2D eigenvalue weighted by molar-refractivity contribution is 0.187. The molecule has 1 N–H and O–H groups in total. The van der Waals surface area contributed by atoms with Crippen LogP contribution in [0.25, 0.3) is 0 Å². The highest BCUT2D eigenvalue weighted by molar-refractivity contribution is 5.43. The molecule has 0 amide bonds. The van der Waals surface area contributed by atoms with Gasteiger partial charge in [-0.3, -0.25) is 4.90 Å². The molecule has 118 valence electrons. The van der Waals surface area contributed by atoms with Crippen molar-refractivity contribution in [3.63, 3.8) is 0 Å². The van der Waals surface area contributed by atoms with E-state index in [4.69, 9.17) is 9.47 Å². The number of hydrogen-bond acceptors (Lipinski definition) is 4. The molecule has 1 aromatic rings. The molecule has 0 spiro atoms. The molecule has 0 radical (unpaired) electrons. The maximum absolute atomic E-state index is 5.71. The summed E-state index contributed by atoms with van der Waals surface area (Å²) >= 11 is 0. The summed E-state index contributed by atoms with van der Waals surface area (Å²) < 4.78 is 11.3. The van der Waals surface area contributed by atoms with Crippen molar-refractivity contribution in [1.29, 1.82) is 0 Å². The lowest BCUT2D eigenvalue weighted by atomic mass is 10.0. The Labute approximate surface area is 128 Å². The van der Waals surface area contributed by atoms with Gasteiger partial charge >= 0.3 is 0 Å². The minimum absolute atomic E-state index is 0.618. The number of benzene rings is 1. The fourth-order valence-electron chi connectivity index (χ4n) is 2.89. The first-order chi connectivity index (χ1) is 10.3. The van der Waals surface area contributed by atoms with E-state index in [1.54, 1.807) is 0 Å². The molecule has 1 aliphatic rings. The van der Waals surface area contributed by atoms with E-state index < -0.39 is 0 Å². The number of piperidine rings is 1. The summed E-state index contributed by atoms with van der Waals surface area (Å²) in [5, 5.41) is 3.39. The van der Waals surface area contributed by atoms with Crippen LogP contribution in [0.2, 0.25) is 0 Å². The van der Waals surface area contributed by atoms with E-state index in [1.165, 1.54) is 24.9 Å². The van der Waals surface area contributed by atoms with Crippen LogP contribution in [0, 0.1) is 0 Å². The van der Waals surface area contributed by atoms with Gasteiger partial charge in [-0.1, -0.05) is 6.07 Å². The molecule has 1 fully saturated rings. The molecule has 2 rings (SSSR count). The second kappa shape index (κ2) is 8.25. The zero-order chi connectivity index (χ0) is 15.1. The van der Waals surface area contributed by atoms with Gasteiger partial charge in [-0.2, -0.15) is 0 Å². The monoisotopic (exact) mass is 292 g/mol. The summed E-state index contributed by atoms with van der Waals surface area (Å²) in [7, 11) is 2.05. The van der Waals surface area contributed by atoms with Crippen LogP contribution in [0.3, 0.4) is 0 Å². The number of likely N-dealkylation sites (tertiary alicyclic amines) is 1. The molecule has 1 aliphatic heterocycles. The zero-order valence-corrected chi connectivity index (χ0v) is 13.5. The van der Waals surface area contributed by atoms with Crippen molar-refractivity contribution in [2.45, 2.75) is 39.3 Å². The predicted molar refractivity (Wildman–Crippen MR) is 86.1 cm³/mol. The Morgan fingerprint density at radius 2 is 1.95 bits per heavy atom. The average Bonchev–Trinajstić information content (AvgIpc) is 2.50. The normalized spacial score (nSPS) is 19.5. The van der Waals surface area contributed by atoms with E-state index in [-0.39, 0.29) is 0 Å². The summed E-state index contributed by atoms with van der Waals surface area (Å²) in [4.78, 5) is 2.51. The predicted octanol–water partition coefficient (Wildman–Crippen LogP) is 2.67. The van der Waals surface area contributed by atoms with Crippen molar-refractivity contribution < 1.29 is 9.47 Å². The van der Waals surface area contributed by atoms with Gasteiger partial charge in [-0.05, 0) is 58.0 Å². The maximum Gasteiger partial charge on any atom is 0.161 e. The minimum atomic E-state index is 0.618. The lowest BCUT2D eigenvalue weighted by Gasteiger charge is -2.32. The molecule has 1 unspecified atom stereocenters. The summed E-state index contributed by atoms with van der Waals surface area (Å²) in [6, 6.07) is 6.92. The first-order valence-electron chi connectivity index (χ1n) is 8.05. The smallest absolute Gasteiger partial charge is 0.161 e. The molecule has 4 heteroatoms. The third-order valence-electron chi connectivity index (χ3n) is 3.93. The molecule has 1 aromatic carbocycles. The van der Waals surface area contributed by atoms with Crippen LogP contribution < -0.4 is 14.8 Å². The van der Waals surface area contributed by atoms with Gasteiger partial charge in [-0.25, -0.2) is 0 Å². The number of nitrogens with zero attached hydrogens (tertiary/aromatic N) is 1. The SMILES string of the molecule is CCOc1ccc(CN2CCCC(NC)C2)cc1OCC. The van der Waals surface area contributed by atoms with E-state index in [0.717, 1.165) is 24.6 Å². The van der Waals surface area contributed by atoms with Gasteiger partial charge in [0.15, 0.2) is 11.5 Å².